The normalized spacial score (nSPS) is 13.9. The van der Waals surface area contributed by atoms with Gasteiger partial charge < -0.3 is 10.6 Å². The van der Waals surface area contributed by atoms with E-state index in [2.05, 4.69) is 5.32 Å². The Kier molecular flexibility index (Phi) is 6.40. The first kappa shape index (κ1) is 15.2. The lowest BCUT2D eigenvalue weighted by Gasteiger charge is -2.16. The van der Waals surface area contributed by atoms with E-state index in [0.717, 1.165) is 6.42 Å². The fourth-order valence-corrected chi connectivity index (χ4v) is 1.41. The monoisotopic (exact) mass is 240 g/mol. The molecule has 0 bridgehead atoms. The number of rotatable bonds is 6. The Balaban J connectivity index is 3.66. The van der Waals surface area contributed by atoms with Gasteiger partial charge in [-0.15, -0.1) is 0 Å². The highest BCUT2D eigenvalue weighted by Gasteiger charge is 2.26. The first-order chi connectivity index (χ1) is 7.20. The molecule has 1 unspecified atom stereocenters. The summed E-state index contributed by atoms with van der Waals surface area (Å²) in [6.45, 7) is 4.43. The Hall–Kier alpha value is -0.780. The summed E-state index contributed by atoms with van der Waals surface area (Å²) in [5.74, 6) is 0.0378. The second-order valence-corrected chi connectivity index (χ2v) is 4.32. The minimum atomic E-state index is -4.27. The Labute approximate surface area is 93.8 Å². The van der Waals surface area contributed by atoms with E-state index in [1.54, 1.807) is 0 Å². The molecule has 0 heterocycles. The number of halogens is 3. The molecule has 0 aromatic carbocycles. The number of hydrogen-bond acceptors (Lipinski definition) is 2. The second-order valence-electron chi connectivity index (χ2n) is 4.32. The van der Waals surface area contributed by atoms with Gasteiger partial charge >= 0.3 is 6.18 Å². The highest BCUT2D eigenvalue weighted by molar-refractivity contribution is 5.78. The van der Waals surface area contributed by atoms with Crippen LogP contribution in [-0.2, 0) is 4.79 Å². The van der Waals surface area contributed by atoms with Gasteiger partial charge in [0.05, 0.1) is 13.1 Å². The lowest BCUT2D eigenvalue weighted by Crippen LogP contribution is -2.41. The zero-order chi connectivity index (χ0) is 12.8. The van der Waals surface area contributed by atoms with Crippen molar-refractivity contribution in [2.45, 2.75) is 39.4 Å². The number of carbonyl (C=O) groups is 1. The zero-order valence-electron chi connectivity index (χ0n) is 9.82. The van der Waals surface area contributed by atoms with Gasteiger partial charge in [0.15, 0.2) is 0 Å². The summed E-state index contributed by atoms with van der Waals surface area (Å²) in [6.07, 6.45) is -3.46. The van der Waals surface area contributed by atoms with Crippen molar-refractivity contribution in [1.82, 2.24) is 10.6 Å². The quantitative estimate of drug-likeness (QED) is 0.741. The Morgan fingerprint density at radius 3 is 2.25 bits per heavy atom. The molecule has 0 saturated carbocycles. The van der Waals surface area contributed by atoms with Crippen LogP contribution in [0, 0.1) is 5.92 Å². The van der Waals surface area contributed by atoms with E-state index in [4.69, 9.17) is 0 Å². The maximum atomic E-state index is 11.7. The smallest absolute Gasteiger partial charge is 0.353 e. The Bertz CT molecular complexity index is 217. The first-order valence-electron chi connectivity index (χ1n) is 5.27. The standard InChI is InChI=1S/C10H19F3N2O/c1-7(2)4-8(3)15-9(16)5-14-6-10(11,12)13/h7-8,14H,4-6H2,1-3H3,(H,15,16). The minimum Gasteiger partial charge on any atom is -0.353 e. The number of hydrogen-bond donors (Lipinski definition) is 2. The van der Waals surface area contributed by atoms with Crippen LogP contribution in [0.5, 0.6) is 0 Å². The molecular formula is C10H19F3N2O. The van der Waals surface area contributed by atoms with Gasteiger partial charge in [0, 0.05) is 6.04 Å². The van der Waals surface area contributed by atoms with Crippen LogP contribution in [0.25, 0.3) is 0 Å². The molecular weight excluding hydrogens is 221 g/mol. The van der Waals surface area contributed by atoms with Gasteiger partial charge in [0.1, 0.15) is 0 Å². The van der Waals surface area contributed by atoms with Crippen LogP contribution in [0.3, 0.4) is 0 Å². The summed E-state index contributed by atoms with van der Waals surface area (Å²) in [5.41, 5.74) is 0. The van der Waals surface area contributed by atoms with Gasteiger partial charge in [0.25, 0.3) is 0 Å². The number of nitrogens with one attached hydrogen (secondary N) is 2. The van der Waals surface area contributed by atoms with Gasteiger partial charge in [0.2, 0.25) is 5.91 Å². The number of carbonyl (C=O) groups excluding carboxylic acids is 1. The molecule has 0 fully saturated rings. The largest absolute Gasteiger partial charge is 0.401 e. The molecule has 2 N–H and O–H groups in total. The summed E-state index contributed by atoms with van der Waals surface area (Å²) >= 11 is 0. The average Bonchev–Trinajstić information content (AvgIpc) is 1.98. The summed E-state index contributed by atoms with van der Waals surface area (Å²) in [4.78, 5) is 11.2. The van der Waals surface area contributed by atoms with Crippen LogP contribution in [0.15, 0.2) is 0 Å². The van der Waals surface area contributed by atoms with Crippen molar-refractivity contribution >= 4 is 5.91 Å². The molecule has 6 heteroatoms. The maximum Gasteiger partial charge on any atom is 0.401 e. The molecule has 1 amide bonds. The zero-order valence-corrected chi connectivity index (χ0v) is 9.82. The third-order valence-corrected chi connectivity index (χ3v) is 1.84. The number of amides is 1. The van der Waals surface area contributed by atoms with Gasteiger partial charge in [-0.3, -0.25) is 4.79 Å². The predicted octanol–water partition coefficient (Wildman–Crippen LogP) is 1.69. The second kappa shape index (κ2) is 6.73. The summed E-state index contributed by atoms with van der Waals surface area (Å²) in [6, 6.07) is -0.0137. The molecule has 3 nitrogen and oxygen atoms in total. The summed E-state index contributed by atoms with van der Waals surface area (Å²) in [7, 11) is 0. The maximum absolute atomic E-state index is 11.7. The fourth-order valence-electron chi connectivity index (χ4n) is 1.41. The van der Waals surface area contributed by atoms with Crippen LogP contribution in [0.2, 0.25) is 0 Å². The predicted molar refractivity (Wildman–Crippen MR) is 56.0 cm³/mol. The molecule has 0 aliphatic rings. The lowest BCUT2D eigenvalue weighted by atomic mass is 10.1. The first-order valence-corrected chi connectivity index (χ1v) is 5.27. The van der Waals surface area contributed by atoms with E-state index < -0.39 is 18.6 Å². The molecule has 0 aliphatic heterocycles. The minimum absolute atomic E-state index is 0.0137. The molecule has 0 saturated heterocycles. The van der Waals surface area contributed by atoms with E-state index in [-0.39, 0.29) is 12.6 Å². The molecule has 16 heavy (non-hydrogen) atoms. The van der Waals surface area contributed by atoms with Crippen molar-refractivity contribution in [3.8, 4) is 0 Å². The Morgan fingerprint density at radius 1 is 1.25 bits per heavy atom. The van der Waals surface area contributed by atoms with Crippen molar-refractivity contribution in [3.05, 3.63) is 0 Å². The van der Waals surface area contributed by atoms with Crippen molar-refractivity contribution in [3.63, 3.8) is 0 Å². The van der Waals surface area contributed by atoms with E-state index in [9.17, 15) is 18.0 Å². The van der Waals surface area contributed by atoms with Crippen LogP contribution in [0.4, 0.5) is 13.2 Å². The van der Waals surface area contributed by atoms with Crippen molar-refractivity contribution < 1.29 is 18.0 Å². The number of alkyl halides is 3. The van der Waals surface area contributed by atoms with Crippen molar-refractivity contribution in [2.75, 3.05) is 13.1 Å². The molecule has 0 aromatic heterocycles. The highest BCUT2D eigenvalue weighted by Crippen LogP contribution is 2.11. The van der Waals surface area contributed by atoms with E-state index in [0.29, 0.717) is 5.92 Å². The molecule has 0 aliphatic carbocycles. The van der Waals surface area contributed by atoms with Crippen molar-refractivity contribution in [1.29, 1.82) is 0 Å². The third-order valence-electron chi connectivity index (χ3n) is 1.84. The van der Waals surface area contributed by atoms with Gasteiger partial charge in [-0.05, 0) is 19.3 Å². The van der Waals surface area contributed by atoms with Gasteiger partial charge in [-0.1, -0.05) is 13.8 Å². The third kappa shape index (κ3) is 9.76. The van der Waals surface area contributed by atoms with Gasteiger partial charge in [-0.25, -0.2) is 0 Å². The molecule has 0 spiro atoms. The Morgan fingerprint density at radius 2 is 1.81 bits per heavy atom. The van der Waals surface area contributed by atoms with E-state index in [1.807, 2.05) is 26.1 Å². The van der Waals surface area contributed by atoms with Crippen LogP contribution >= 0.6 is 0 Å². The fraction of sp³-hybridized carbons (Fsp3) is 0.900. The van der Waals surface area contributed by atoms with Crippen LogP contribution in [-0.4, -0.2) is 31.2 Å². The van der Waals surface area contributed by atoms with E-state index >= 15 is 0 Å². The lowest BCUT2D eigenvalue weighted by molar-refractivity contribution is -0.128. The van der Waals surface area contributed by atoms with E-state index in [1.165, 1.54) is 0 Å². The SMILES string of the molecule is CC(C)CC(C)NC(=O)CNCC(F)(F)F. The van der Waals surface area contributed by atoms with Crippen molar-refractivity contribution in [2.24, 2.45) is 5.92 Å². The molecule has 96 valence electrons. The van der Waals surface area contributed by atoms with Gasteiger partial charge in [-0.2, -0.15) is 13.2 Å². The molecule has 0 radical (unpaired) electrons. The summed E-state index contributed by atoms with van der Waals surface area (Å²) < 4.78 is 35.2. The van der Waals surface area contributed by atoms with Crippen LogP contribution in [0.1, 0.15) is 27.2 Å². The molecule has 0 rings (SSSR count). The summed E-state index contributed by atoms with van der Waals surface area (Å²) in [5, 5.41) is 4.68. The topological polar surface area (TPSA) is 41.1 Å². The van der Waals surface area contributed by atoms with Crippen LogP contribution < -0.4 is 10.6 Å². The average molecular weight is 240 g/mol. The highest BCUT2D eigenvalue weighted by atomic mass is 19.4. The molecule has 1 atom stereocenters. The molecule has 0 aromatic rings.